The zero-order valence-corrected chi connectivity index (χ0v) is 13.9. The van der Waals surface area contributed by atoms with Crippen molar-refractivity contribution in [2.75, 3.05) is 25.1 Å². The lowest BCUT2D eigenvalue weighted by molar-refractivity contribution is 0.413. The highest BCUT2D eigenvalue weighted by molar-refractivity contribution is 5.71. The third-order valence-corrected chi connectivity index (χ3v) is 4.55. The molecule has 1 aromatic heterocycles. The summed E-state index contributed by atoms with van der Waals surface area (Å²) in [5.74, 6) is 0.871. The molecule has 0 atom stereocenters. The Kier molecular flexibility index (Phi) is 4.70. The minimum atomic E-state index is -0.0729. The van der Waals surface area contributed by atoms with Crippen molar-refractivity contribution in [2.24, 2.45) is 0 Å². The van der Waals surface area contributed by atoms with Crippen LogP contribution in [0.2, 0.25) is 0 Å². The van der Waals surface area contributed by atoms with Crippen molar-refractivity contribution in [3.63, 3.8) is 0 Å². The summed E-state index contributed by atoms with van der Waals surface area (Å²) >= 11 is 0. The molecule has 4 nitrogen and oxygen atoms in total. The molecular formula is C19H24N2O2. The van der Waals surface area contributed by atoms with Crippen molar-refractivity contribution in [3.8, 4) is 17.0 Å². The van der Waals surface area contributed by atoms with E-state index in [1.54, 1.807) is 13.2 Å². The highest BCUT2D eigenvalue weighted by Gasteiger charge is 2.16. The van der Waals surface area contributed by atoms with Gasteiger partial charge in [0.15, 0.2) is 0 Å². The van der Waals surface area contributed by atoms with E-state index in [0.29, 0.717) is 0 Å². The number of pyridine rings is 1. The lowest BCUT2D eigenvalue weighted by atomic mass is 10.0. The maximum Gasteiger partial charge on any atom is 0.248 e. The van der Waals surface area contributed by atoms with Gasteiger partial charge in [-0.15, -0.1) is 0 Å². The van der Waals surface area contributed by atoms with Gasteiger partial charge in [0.05, 0.1) is 18.5 Å². The molecule has 2 heterocycles. The van der Waals surface area contributed by atoms with Crippen LogP contribution in [0.25, 0.3) is 11.3 Å². The molecule has 0 amide bonds. The Labute approximate surface area is 137 Å². The number of aryl methyl sites for hydroxylation is 1. The van der Waals surface area contributed by atoms with Gasteiger partial charge < -0.3 is 14.6 Å². The second-order valence-electron chi connectivity index (χ2n) is 6.01. The second kappa shape index (κ2) is 6.90. The number of benzene rings is 1. The summed E-state index contributed by atoms with van der Waals surface area (Å²) in [5.41, 5.74) is 4.10. The second-order valence-corrected chi connectivity index (χ2v) is 6.01. The van der Waals surface area contributed by atoms with Gasteiger partial charge >= 0.3 is 0 Å². The fourth-order valence-corrected chi connectivity index (χ4v) is 3.29. The molecular weight excluding hydrogens is 288 g/mol. The van der Waals surface area contributed by atoms with Crippen LogP contribution in [-0.2, 0) is 6.42 Å². The summed E-state index contributed by atoms with van der Waals surface area (Å²) in [6.07, 6.45) is 4.65. The van der Waals surface area contributed by atoms with Crippen molar-refractivity contribution in [2.45, 2.75) is 32.6 Å². The summed E-state index contributed by atoms with van der Waals surface area (Å²) in [5, 5.41) is 0. The highest BCUT2D eigenvalue weighted by Crippen LogP contribution is 2.34. The van der Waals surface area contributed by atoms with Gasteiger partial charge in [0.25, 0.3) is 0 Å². The first-order chi connectivity index (χ1) is 11.2. The summed E-state index contributed by atoms with van der Waals surface area (Å²) in [6.45, 7) is 4.26. The highest BCUT2D eigenvalue weighted by atomic mass is 16.5. The molecule has 122 valence electrons. The van der Waals surface area contributed by atoms with Crippen molar-refractivity contribution in [1.29, 1.82) is 0 Å². The predicted molar refractivity (Wildman–Crippen MR) is 94.5 cm³/mol. The number of nitrogens with zero attached hydrogens (tertiary/aromatic N) is 1. The number of hydrogen-bond donors (Lipinski definition) is 1. The molecule has 1 aromatic carbocycles. The number of nitrogens with one attached hydrogen (secondary N) is 1. The van der Waals surface area contributed by atoms with E-state index >= 15 is 0 Å². The molecule has 0 radical (unpaired) electrons. The fourth-order valence-electron chi connectivity index (χ4n) is 3.29. The number of hydrogen-bond acceptors (Lipinski definition) is 3. The molecule has 3 rings (SSSR count). The summed E-state index contributed by atoms with van der Waals surface area (Å²) in [4.78, 5) is 17.1. The topological polar surface area (TPSA) is 45.3 Å². The molecule has 0 unspecified atom stereocenters. The Morgan fingerprint density at radius 3 is 2.61 bits per heavy atom. The molecule has 1 aliphatic heterocycles. The van der Waals surface area contributed by atoms with Crippen molar-refractivity contribution < 1.29 is 4.74 Å². The van der Waals surface area contributed by atoms with Crippen LogP contribution in [0.5, 0.6) is 5.75 Å². The number of ether oxygens (including phenoxy) is 1. The average molecular weight is 312 g/mol. The quantitative estimate of drug-likeness (QED) is 0.938. The van der Waals surface area contributed by atoms with Crippen molar-refractivity contribution in [3.05, 3.63) is 46.2 Å². The maximum absolute atomic E-state index is 11.7. The number of aromatic nitrogens is 1. The fraction of sp³-hybridized carbons (Fsp3) is 0.421. The lowest BCUT2D eigenvalue weighted by Crippen LogP contribution is -2.29. The van der Waals surface area contributed by atoms with E-state index in [2.05, 4.69) is 28.9 Å². The molecule has 1 saturated heterocycles. The maximum atomic E-state index is 11.7. The standard InChI is InChI=1S/C19H24N2O2/c1-3-14-8-10-18(22)20-19(14)15-7-9-16(17(13-15)23-2)21-11-5-4-6-12-21/h7-10,13H,3-6,11-12H2,1-2H3,(H,20,22). The third kappa shape index (κ3) is 3.26. The Bertz CT molecular complexity index is 730. The van der Waals surface area contributed by atoms with Crippen LogP contribution in [0.3, 0.4) is 0 Å². The van der Waals surface area contributed by atoms with E-state index in [0.717, 1.165) is 47.8 Å². The molecule has 1 fully saturated rings. The monoisotopic (exact) mass is 312 g/mol. The zero-order chi connectivity index (χ0) is 16.2. The van der Waals surface area contributed by atoms with Gasteiger partial charge in [-0.3, -0.25) is 4.79 Å². The van der Waals surface area contributed by atoms with Gasteiger partial charge in [-0.1, -0.05) is 19.1 Å². The third-order valence-electron chi connectivity index (χ3n) is 4.55. The van der Waals surface area contributed by atoms with E-state index in [4.69, 9.17) is 4.74 Å². The van der Waals surface area contributed by atoms with Crippen LogP contribution in [0.15, 0.2) is 35.1 Å². The van der Waals surface area contributed by atoms with E-state index in [1.165, 1.54) is 19.3 Å². The van der Waals surface area contributed by atoms with Crippen LogP contribution in [0, 0.1) is 0 Å². The number of methoxy groups -OCH3 is 1. The number of rotatable bonds is 4. The number of piperidine rings is 1. The van der Waals surface area contributed by atoms with Crippen LogP contribution in [0.1, 0.15) is 31.7 Å². The molecule has 0 aliphatic carbocycles. The van der Waals surface area contributed by atoms with Crippen LogP contribution < -0.4 is 15.2 Å². The number of anilines is 1. The Hall–Kier alpha value is -2.23. The van der Waals surface area contributed by atoms with E-state index in [1.807, 2.05) is 12.1 Å². The molecule has 0 saturated carbocycles. The molecule has 1 aliphatic rings. The molecule has 23 heavy (non-hydrogen) atoms. The SMILES string of the molecule is CCc1ccc(=O)[nH]c1-c1ccc(N2CCCCC2)c(OC)c1. The zero-order valence-electron chi connectivity index (χ0n) is 13.9. The number of H-pyrrole nitrogens is 1. The van der Waals surface area contributed by atoms with E-state index in [-0.39, 0.29) is 5.56 Å². The molecule has 1 N–H and O–H groups in total. The minimum Gasteiger partial charge on any atom is -0.495 e. The normalized spacial score (nSPS) is 14.8. The Morgan fingerprint density at radius 2 is 1.91 bits per heavy atom. The molecule has 0 bridgehead atoms. The van der Waals surface area contributed by atoms with Gasteiger partial charge in [-0.05, 0) is 43.4 Å². The first-order valence-electron chi connectivity index (χ1n) is 8.38. The van der Waals surface area contributed by atoms with E-state index in [9.17, 15) is 4.79 Å². The summed E-state index contributed by atoms with van der Waals surface area (Å²) < 4.78 is 5.63. The van der Waals surface area contributed by atoms with Gasteiger partial charge in [-0.2, -0.15) is 0 Å². The molecule has 2 aromatic rings. The summed E-state index contributed by atoms with van der Waals surface area (Å²) in [6, 6.07) is 9.72. The Balaban J connectivity index is 2.02. The first-order valence-corrected chi connectivity index (χ1v) is 8.38. The van der Waals surface area contributed by atoms with Crippen LogP contribution >= 0.6 is 0 Å². The van der Waals surface area contributed by atoms with Gasteiger partial charge in [-0.25, -0.2) is 0 Å². The molecule has 0 spiro atoms. The number of aromatic amines is 1. The van der Waals surface area contributed by atoms with Gasteiger partial charge in [0.2, 0.25) is 5.56 Å². The average Bonchev–Trinajstić information content (AvgIpc) is 2.62. The van der Waals surface area contributed by atoms with Crippen LogP contribution in [-0.4, -0.2) is 25.2 Å². The van der Waals surface area contributed by atoms with Crippen molar-refractivity contribution in [1.82, 2.24) is 4.98 Å². The van der Waals surface area contributed by atoms with E-state index < -0.39 is 0 Å². The van der Waals surface area contributed by atoms with Crippen LogP contribution in [0.4, 0.5) is 5.69 Å². The summed E-state index contributed by atoms with van der Waals surface area (Å²) in [7, 11) is 1.71. The Morgan fingerprint density at radius 1 is 1.13 bits per heavy atom. The smallest absolute Gasteiger partial charge is 0.248 e. The minimum absolute atomic E-state index is 0.0729. The van der Waals surface area contributed by atoms with Gasteiger partial charge in [0, 0.05) is 24.7 Å². The van der Waals surface area contributed by atoms with Gasteiger partial charge in [0.1, 0.15) is 5.75 Å². The van der Waals surface area contributed by atoms with Crippen molar-refractivity contribution >= 4 is 5.69 Å². The predicted octanol–water partition coefficient (Wildman–Crippen LogP) is 3.60. The largest absolute Gasteiger partial charge is 0.495 e. The molecule has 4 heteroatoms. The first kappa shape index (κ1) is 15.7. The lowest BCUT2D eigenvalue weighted by Gasteiger charge is -2.30.